The number of hydrogen-bond donors (Lipinski definition) is 2. The highest BCUT2D eigenvalue weighted by atomic mass is 32.2. The number of sulfonamides is 1. The molecule has 0 aliphatic carbocycles. The Morgan fingerprint density at radius 2 is 1.81 bits per heavy atom. The molecule has 2 aromatic carbocycles. The van der Waals surface area contributed by atoms with Crippen LogP contribution in [-0.4, -0.2) is 43.2 Å². The van der Waals surface area contributed by atoms with E-state index in [9.17, 15) is 22.4 Å². The number of carbonyl (C=O) groups excluding carboxylic acids is 2. The maximum atomic E-state index is 13.7. The van der Waals surface area contributed by atoms with Gasteiger partial charge in [0, 0.05) is 6.54 Å². The van der Waals surface area contributed by atoms with Gasteiger partial charge in [-0.1, -0.05) is 29.8 Å². The van der Waals surface area contributed by atoms with Gasteiger partial charge in [0.2, 0.25) is 10.0 Å². The Bertz CT molecular complexity index is 1060. The fourth-order valence-electron chi connectivity index (χ4n) is 3.23. The van der Waals surface area contributed by atoms with Gasteiger partial charge in [0.05, 0.1) is 4.90 Å². The van der Waals surface area contributed by atoms with Crippen molar-refractivity contribution < 1.29 is 27.1 Å². The van der Waals surface area contributed by atoms with Crippen molar-refractivity contribution in [2.75, 3.05) is 6.54 Å². The van der Waals surface area contributed by atoms with E-state index >= 15 is 0 Å². The van der Waals surface area contributed by atoms with E-state index in [4.69, 9.17) is 4.74 Å². The minimum absolute atomic E-state index is 0.0948. The van der Waals surface area contributed by atoms with Crippen molar-refractivity contribution in [2.24, 2.45) is 0 Å². The lowest BCUT2D eigenvalue weighted by Crippen LogP contribution is -2.53. The second-order valence-corrected chi connectivity index (χ2v) is 9.15. The topological polar surface area (TPSA) is 105 Å². The van der Waals surface area contributed by atoms with E-state index in [1.54, 1.807) is 18.2 Å². The molecule has 0 radical (unpaired) electrons. The van der Waals surface area contributed by atoms with E-state index in [0.29, 0.717) is 12.8 Å². The monoisotopic (exact) mass is 449 g/mol. The average molecular weight is 450 g/mol. The molecule has 1 unspecified atom stereocenters. The van der Waals surface area contributed by atoms with Crippen LogP contribution in [0.5, 0.6) is 5.75 Å². The first-order valence-corrected chi connectivity index (χ1v) is 11.2. The summed E-state index contributed by atoms with van der Waals surface area (Å²) in [5.41, 5.74) is 5.38. The minimum atomic E-state index is -3.86. The number of carbonyl (C=O) groups is 2. The van der Waals surface area contributed by atoms with Crippen LogP contribution in [0.4, 0.5) is 4.39 Å². The van der Waals surface area contributed by atoms with Gasteiger partial charge >= 0.3 is 0 Å². The van der Waals surface area contributed by atoms with Crippen LogP contribution in [0, 0.1) is 12.7 Å². The highest BCUT2D eigenvalue weighted by Gasteiger charge is 2.39. The van der Waals surface area contributed by atoms with E-state index in [0.717, 1.165) is 9.87 Å². The molecule has 2 amide bonds. The first-order chi connectivity index (χ1) is 14.7. The molecule has 1 heterocycles. The van der Waals surface area contributed by atoms with Gasteiger partial charge in [0.1, 0.15) is 6.04 Å². The van der Waals surface area contributed by atoms with Crippen molar-refractivity contribution in [1.82, 2.24) is 15.2 Å². The maximum Gasteiger partial charge on any atom is 0.279 e. The van der Waals surface area contributed by atoms with Crippen molar-refractivity contribution in [3.63, 3.8) is 0 Å². The van der Waals surface area contributed by atoms with Crippen molar-refractivity contribution >= 4 is 21.8 Å². The number of benzene rings is 2. The van der Waals surface area contributed by atoms with Crippen LogP contribution < -0.4 is 15.6 Å². The Kier molecular flexibility index (Phi) is 6.91. The molecule has 2 N–H and O–H groups in total. The highest BCUT2D eigenvalue weighted by Crippen LogP contribution is 2.26. The van der Waals surface area contributed by atoms with Crippen molar-refractivity contribution in [2.45, 2.75) is 43.7 Å². The van der Waals surface area contributed by atoms with Crippen molar-refractivity contribution in [3.05, 3.63) is 59.9 Å². The molecule has 1 aliphatic heterocycles. The van der Waals surface area contributed by atoms with E-state index < -0.39 is 39.8 Å². The first-order valence-electron chi connectivity index (χ1n) is 9.79. The molecule has 8 nitrogen and oxygen atoms in total. The normalized spacial score (nSPS) is 17.7. The zero-order valence-electron chi connectivity index (χ0n) is 17.2. The van der Waals surface area contributed by atoms with Crippen LogP contribution in [0.1, 0.15) is 25.3 Å². The molecule has 1 fully saturated rings. The number of halogens is 1. The average Bonchev–Trinajstić information content (AvgIpc) is 3.24. The molecular weight excluding hydrogens is 425 g/mol. The SMILES string of the molecule is Cc1ccc(S(=O)(=O)N2CCC[C@H]2C(=O)NNC(=O)C(C)Oc2ccccc2F)cc1. The van der Waals surface area contributed by atoms with Crippen molar-refractivity contribution in [3.8, 4) is 5.75 Å². The molecule has 0 spiro atoms. The van der Waals surface area contributed by atoms with Gasteiger partial charge in [-0.05, 0) is 51.0 Å². The molecule has 31 heavy (non-hydrogen) atoms. The van der Waals surface area contributed by atoms with E-state index in [2.05, 4.69) is 10.9 Å². The van der Waals surface area contributed by atoms with E-state index in [-0.39, 0.29) is 17.2 Å². The molecular formula is C21H24FN3O5S. The van der Waals surface area contributed by atoms with Gasteiger partial charge in [-0.3, -0.25) is 20.4 Å². The van der Waals surface area contributed by atoms with Gasteiger partial charge < -0.3 is 4.74 Å². The third-order valence-corrected chi connectivity index (χ3v) is 6.87. The lowest BCUT2D eigenvalue weighted by Gasteiger charge is -2.24. The molecule has 0 saturated carbocycles. The summed E-state index contributed by atoms with van der Waals surface area (Å²) < 4.78 is 46.0. The third kappa shape index (κ3) is 5.20. The van der Waals surface area contributed by atoms with Gasteiger partial charge in [0.25, 0.3) is 11.8 Å². The largest absolute Gasteiger partial charge is 0.478 e. The van der Waals surface area contributed by atoms with Crippen molar-refractivity contribution in [1.29, 1.82) is 0 Å². The minimum Gasteiger partial charge on any atom is -0.478 e. The molecule has 166 valence electrons. The van der Waals surface area contributed by atoms with E-state index in [1.165, 1.54) is 37.3 Å². The summed E-state index contributed by atoms with van der Waals surface area (Å²) >= 11 is 0. The zero-order valence-corrected chi connectivity index (χ0v) is 18.0. The molecule has 10 heteroatoms. The van der Waals surface area contributed by atoms with Crippen LogP contribution >= 0.6 is 0 Å². The second-order valence-electron chi connectivity index (χ2n) is 7.26. The Morgan fingerprint density at radius 1 is 1.13 bits per heavy atom. The Balaban J connectivity index is 1.61. The van der Waals surface area contributed by atoms with Crippen LogP contribution in [0.3, 0.4) is 0 Å². The van der Waals surface area contributed by atoms with Crippen LogP contribution in [0.15, 0.2) is 53.4 Å². The number of hydrazine groups is 1. The number of ether oxygens (including phenoxy) is 1. The number of aryl methyl sites for hydroxylation is 1. The Morgan fingerprint density at radius 3 is 2.48 bits per heavy atom. The standard InChI is InChI=1S/C21H24FN3O5S/c1-14-9-11-16(12-10-14)31(28,29)25-13-5-7-18(25)21(27)24-23-20(26)15(2)30-19-8-4-3-6-17(19)22/h3-4,6,8-12,15,18H,5,7,13H2,1-2H3,(H,23,26)(H,24,27)/t15?,18-/m0/s1. The molecule has 0 aromatic heterocycles. The lowest BCUT2D eigenvalue weighted by molar-refractivity contribution is -0.134. The number of hydrogen-bond acceptors (Lipinski definition) is 5. The predicted molar refractivity (Wildman–Crippen MR) is 111 cm³/mol. The number of amides is 2. The number of para-hydroxylation sites is 1. The highest BCUT2D eigenvalue weighted by molar-refractivity contribution is 7.89. The van der Waals surface area contributed by atoms with Gasteiger partial charge in [-0.25, -0.2) is 12.8 Å². The summed E-state index contributed by atoms with van der Waals surface area (Å²) in [6, 6.07) is 11.1. The second kappa shape index (κ2) is 9.44. The Hall–Kier alpha value is -2.98. The molecule has 2 atom stereocenters. The Labute approximate surface area is 180 Å². The molecule has 2 aromatic rings. The van der Waals surface area contributed by atoms with Gasteiger partial charge in [0.15, 0.2) is 17.7 Å². The fourth-order valence-corrected chi connectivity index (χ4v) is 4.88. The first kappa shape index (κ1) is 22.7. The van der Waals surface area contributed by atoms with Gasteiger partial charge in [-0.2, -0.15) is 4.31 Å². The quantitative estimate of drug-likeness (QED) is 0.656. The predicted octanol–water partition coefficient (Wildman–Crippen LogP) is 1.90. The molecule has 1 aliphatic rings. The van der Waals surface area contributed by atoms with E-state index in [1.807, 2.05) is 6.92 Å². The molecule has 1 saturated heterocycles. The van der Waals surface area contributed by atoms with Crippen LogP contribution in [-0.2, 0) is 19.6 Å². The van der Waals surface area contributed by atoms with Gasteiger partial charge in [-0.15, -0.1) is 0 Å². The summed E-state index contributed by atoms with van der Waals surface area (Å²) in [6.45, 7) is 3.45. The fraction of sp³-hybridized carbons (Fsp3) is 0.333. The molecule has 3 rings (SSSR count). The number of rotatable bonds is 6. The summed E-state index contributed by atoms with van der Waals surface area (Å²) in [7, 11) is -3.86. The lowest BCUT2D eigenvalue weighted by atomic mass is 10.2. The smallest absolute Gasteiger partial charge is 0.279 e. The number of nitrogens with one attached hydrogen (secondary N) is 2. The summed E-state index contributed by atoms with van der Waals surface area (Å²) in [6.07, 6.45) is -0.244. The maximum absolute atomic E-state index is 13.7. The number of nitrogens with zero attached hydrogens (tertiary/aromatic N) is 1. The van der Waals surface area contributed by atoms with Crippen LogP contribution in [0.25, 0.3) is 0 Å². The third-order valence-electron chi connectivity index (χ3n) is 4.95. The van der Waals surface area contributed by atoms with Crippen LogP contribution in [0.2, 0.25) is 0 Å². The summed E-state index contributed by atoms with van der Waals surface area (Å²) in [4.78, 5) is 24.9. The summed E-state index contributed by atoms with van der Waals surface area (Å²) in [5.74, 6) is -2.07. The molecule has 0 bridgehead atoms. The summed E-state index contributed by atoms with van der Waals surface area (Å²) in [5, 5.41) is 0. The zero-order chi connectivity index (χ0) is 22.6.